The van der Waals surface area contributed by atoms with Crippen LogP contribution in [0.3, 0.4) is 0 Å². The molecule has 2 aromatic carbocycles. The highest BCUT2D eigenvalue weighted by Crippen LogP contribution is 2.38. The number of benzene rings is 2. The Morgan fingerprint density at radius 2 is 1.63 bits per heavy atom. The van der Waals surface area contributed by atoms with E-state index in [1.165, 1.54) is 12.1 Å². The molecule has 27 heavy (non-hydrogen) atoms. The number of pyridine rings is 1. The summed E-state index contributed by atoms with van der Waals surface area (Å²) in [6, 6.07) is 15.2. The van der Waals surface area contributed by atoms with Crippen molar-refractivity contribution < 1.29 is 4.39 Å². The van der Waals surface area contributed by atoms with Crippen molar-refractivity contribution in [1.82, 2.24) is 15.0 Å². The van der Waals surface area contributed by atoms with E-state index in [0.717, 1.165) is 16.8 Å². The summed E-state index contributed by atoms with van der Waals surface area (Å²) < 4.78 is 14.1. The van der Waals surface area contributed by atoms with E-state index < -0.39 is 0 Å². The van der Waals surface area contributed by atoms with Gasteiger partial charge in [-0.25, -0.2) is 14.4 Å². The van der Waals surface area contributed by atoms with E-state index in [4.69, 9.17) is 28.2 Å². The lowest BCUT2D eigenvalue weighted by Crippen LogP contribution is -1.85. The molecule has 2 aromatic heterocycles. The molecule has 0 amide bonds. The molecule has 0 unspecified atom stereocenters. The summed E-state index contributed by atoms with van der Waals surface area (Å²) in [5.74, 6) is 0.230. The molecule has 4 rings (SSSR count). The lowest BCUT2D eigenvalue weighted by Gasteiger charge is -2.03. The number of imidazole rings is 1. The topological polar surface area (TPSA) is 41.6 Å². The fraction of sp³-hybridized carbons (Fsp3) is 0. The van der Waals surface area contributed by atoms with Crippen LogP contribution in [0.5, 0.6) is 0 Å². The number of halogens is 4. The number of H-pyrrole nitrogens is 1. The number of rotatable bonds is 3. The van der Waals surface area contributed by atoms with Gasteiger partial charge in [0.2, 0.25) is 0 Å². The first-order valence-electron chi connectivity index (χ1n) is 7.95. The van der Waals surface area contributed by atoms with Crippen molar-refractivity contribution in [3.05, 3.63) is 81.3 Å². The van der Waals surface area contributed by atoms with Crippen LogP contribution >= 0.6 is 39.1 Å². The van der Waals surface area contributed by atoms with Crippen LogP contribution in [0.4, 0.5) is 4.39 Å². The maximum absolute atomic E-state index is 13.4. The molecule has 134 valence electrons. The molecule has 0 spiro atoms. The Bertz CT molecular complexity index is 1110. The molecule has 7 heteroatoms. The lowest BCUT2D eigenvalue weighted by molar-refractivity contribution is 0.628. The Kier molecular flexibility index (Phi) is 5.00. The molecule has 4 aromatic rings. The highest BCUT2D eigenvalue weighted by molar-refractivity contribution is 9.10. The molecular formula is C20H11BrCl2FN3. The highest BCUT2D eigenvalue weighted by Gasteiger charge is 2.19. The van der Waals surface area contributed by atoms with Crippen LogP contribution in [-0.2, 0) is 0 Å². The largest absolute Gasteiger partial charge is 0.337 e. The standard InChI is InChI=1S/C20H11BrCl2FN3/c21-16-10-12(8-9-25-16)19-18(11-4-6-13(24)7-5-11)26-20(27-19)17-14(22)2-1-3-15(17)23/h1-10H,(H,26,27). The summed E-state index contributed by atoms with van der Waals surface area (Å²) >= 11 is 16.1. The zero-order chi connectivity index (χ0) is 19.0. The molecule has 0 aliphatic heterocycles. The van der Waals surface area contributed by atoms with Crippen molar-refractivity contribution in [2.24, 2.45) is 0 Å². The SMILES string of the molecule is Fc1ccc(-c2[nH]c(-c3c(Cl)cccc3Cl)nc2-c2ccnc(Br)c2)cc1. The minimum atomic E-state index is -0.305. The maximum atomic E-state index is 13.4. The van der Waals surface area contributed by atoms with Crippen LogP contribution in [0.2, 0.25) is 10.0 Å². The third kappa shape index (κ3) is 3.63. The summed E-state index contributed by atoms with van der Waals surface area (Å²) in [6.45, 7) is 0. The Labute approximate surface area is 173 Å². The number of nitrogens with one attached hydrogen (secondary N) is 1. The van der Waals surface area contributed by atoms with Gasteiger partial charge in [0.15, 0.2) is 0 Å². The van der Waals surface area contributed by atoms with E-state index >= 15 is 0 Å². The van der Waals surface area contributed by atoms with Crippen molar-refractivity contribution in [1.29, 1.82) is 0 Å². The lowest BCUT2D eigenvalue weighted by atomic mass is 10.1. The number of aromatic amines is 1. The van der Waals surface area contributed by atoms with Crippen LogP contribution in [0.15, 0.2) is 65.4 Å². The van der Waals surface area contributed by atoms with E-state index in [2.05, 4.69) is 25.9 Å². The van der Waals surface area contributed by atoms with Crippen LogP contribution in [0.1, 0.15) is 0 Å². The molecule has 0 atom stereocenters. The van der Waals surface area contributed by atoms with Crippen molar-refractivity contribution in [2.75, 3.05) is 0 Å². The first-order chi connectivity index (χ1) is 13.0. The van der Waals surface area contributed by atoms with Crippen molar-refractivity contribution in [2.45, 2.75) is 0 Å². The van der Waals surface area contributed by atoms with Gasteiger partial charge in [-0.05, 0) is 64.5 Å². The zero-order valence-corrected chi connectivity index (χ0v) is 16.8. The monoisotopic (exact) mass is 461 g/mol. The van der Waals surface area contributed by atoms with Crippen LogP contribution in [-0.4, -0.2) is 15.0 Å². The molecule has 0 bridgehead atoms. The van der Waals surface area contributed by atoms with Gasteiger partial charge in [-0.1, -0.05) is 29.3 Å². The number of hydrogen-bond donors (Lipinski definition) is 1. The molecule has 0 radical (unpaired) electrons. The Morgan fingerprint density at radius 3 is 2.30 bits per heavy atom. The molecule has 0 aliphatic carbocycles. The van der Waals surface area contributed by atoms with Gasteiger partial charge in [-0.2, -0.15) is 0 Å². The molecule has 0 fully saturated rings. The third-order valence-electron chi connectivity index (χ3n) is 4.04. The van der Waals surface area contributed by atoms with Crippen LogP contribution < -0.4 is 0 Å². The van der Waals surface area contributed by atoms with Gasteiger partial charge in [0.25, 0.3) is 0 Å². The molecule has 3 nitrogen and oxygen atoms in total. The quantitative estimate of drug-likeness (QED) is 0.332. The van der Waals surface area contributed by atoms with E-state index in [1.807, 2.05) is 12.1 Å². The van der Waals surface area contributed by atoms with Crippen LogP contribution in [0, 0.1) is 5.82 Å². The third-order valence-corrected chi connectivity index (χ3v) is 5.10. The average Bonchev–Trinajstić information content (AvgIpc) is 3.07. The van der Waals surface area contributed by atoms with E-state index in [-0.39, 0.29) is 5.82 Å². The maximum Gasteiger partial charge on any atom is 0.141 e. The molecule has 0 aliphatic rings. The predicted octanol–water partition coefficient (Wildman–Crippen LogP) is 7.01. The van der Waals surface area contributed by atoms with E-state index in [9.17, 15) is 4.39 Å². The van der Waals surface area contributed by atoms with Crippen molar-refractivity contribution >= 4 is 39.1 Å². The molecule has 0 saturated heterocycles. The van der Waals surface area contributed by atoms with Gasteiger partial charge in [0.1, 0.15) is 16.2 Å². The molecule has 0 saturated carbocycles. The van der Waals surface area contributed by atoms with Gasteiger partial charge >= 0.3 is 0 Å². The fourth-order valence-electron chi connectivity index (χ4n) is 2.80. The second-order valence-corrected chi connectivity index (χ2v) is 7.41. The smallest absolute Gasteiger partial charge is 0.141 e. The van der Waals surface area contributed by atoms with Crippen LogP contribution in [0.25, 0.3) is 33.9 Å². The number of hydrogen-bond acceptors (Lipinski definition) is 2. The van der Waals surface area contributed by atoms with Gasteiger partial charge in [-0.3, -0.25) is 0 Å². The van der Waals surface area contributed by atoms with E-state index in [0.29, 0.717) is 31.7 Å². The van der Waals surface area contributed by atoms with Gasteiger partial charge in [-0.15, -0.1) is 0 Å². The van der Waals surface area contributed by atoms with E-state index in [1.54, 1.807) is 36.5 Å². The fourth-order valence-corrected chi connectivity index (χ4v) is 3.74. The van der Waals surface area contributed by atoms with Gasteiger partial charge < -0.3 is 4.98 Å². The van der Waals surface area contributed by atoms with Gasteiger partial charge in [0.05, 0.1) is 27.0 Å². The first kappa shape index (κ1) is 18.2. The summed E-state index contributed by atoms with van der Waals surface area (Å²) in [6.07, 6.45) is 1.69. The van der Waals surface area contributed by atoms with Gasteiger partial charge in [0, 0.05) is 17.3 Å². The average molecular weight is 463 g/mol. The molecular weight excluding hydrogens is 452 g/mol. The summed E-state index contributed by atoms with van der Waals surface area (Å²) in [4.78, 5) is 12.2. The second-order valence-electron chi connectivity index (χ2n) is 5.78. The number of nitrogens with zero attached hydrogens (tertiary/aromatic N) is 2. The second kappa shape index (κ2) is 7.43. The summed E-state index contributed by atoms with van der Waals surface area (Å²) in [7, 11) is 0. The Balaban J connectivity index is 1.96. The van der Waals surface area contributed by atoms with Crippen molar-refractivity contribution in [3.8, 4) is 33.9 Å². The summed E-state index contributed by atoms with van der Waals surface area (Å²) in [5, 5.41) is 0.980. The Morgan fingerprint density at radius 1 is 0.926 bits per heavy atom. The molecule has 1 N–H and O–H groups in total. The first-order valence-corrected chi connectivity index (χ1v) is 9.50. The molecule has 2 heterocycles. The normalized spacial score (nSPS) is 11.0. The number of aromatic nitrogens is 3. The zero-order valence-electron chi connectivity index (χ0n) is 13.7. The Hall–Kier alpha value is -2.21. The summed E-state index contributed by atoms with van der Waals surface area (Å²) in [5.41, 5.74) is 3.68. The predicted molar refractivity (Wildman–Crippen MR) is 110 cm³/mol. The minimum Gasteiger partial charge on any atom is -0.337 e. The minimum absolute atomic E-state index is 0.305. The van der Waals surface area contributed by atoms with Crippen molar-refractivity contribution in [3.63, 3.8) is 0 Å². The highest BCUT2D eigenvalue weighted by atomic mass is 79.9.